The maximum Gasteiger partial charge on any atom is 0.259 e. The summed E-state index contributed by atoms with van der Waals surface area (Å²) in [6.07, 6.45) is 5.69. The second kappa shape index (κ2) is 5.93. The SMILES string of the molecule is C[C@@H](C(=O)NC1CCCCC1)N1C(=O)c2cccc3cccc1c23. The lowest BCUT2D eigenvalue weighted by molar-refractivity contribution is -0.122. The van der Waals surface area contributed by atoms with Crippen LogP contribution in [0.1, 0.15) is 49.4 Å². The Morgan fingerprint density at radius 2 is 1.83 bits per heavy atom. The maximum absolute atomic E-state index is 12.9. The molecule has 0 radical (unpaired) electrons. The highest BCUT2D eigenvalue weighted by Crippen LogP contribution is 2.38. The van der Waals surface area contributed by atoms with Crippen molar-refractivity contribution in [3.63, 3.8) is 0 Å². The summed E-state index contributed by atoms with van der Waals surface area (Å²) in [5.74, 6) is -0.131. The van der Waals surface area contributed by atoms with Crippen LogP contribution in [-0.2, 0) is 4.79 Å². The number of carbonyl (C=O) groups excluding carboxylic acids is 2. The Labute approximate surface area is 141 Å². The summed E-state index contributed by atoms with van der Waals surface area (Å²) in [6.45, 7) is 1.82. The van der Waals surface area contributed by atoms with Gasteiger partial charge in [-0.05, 0) is 37.3 Å². The van der Waals surface area contributed by atoms with E-state index < -0.39 is 6.04 Å². The normalized spacial score (nSPS) is 18.9. The van der Waals surface area contributed by atoms with E-state index in [0.29, 0.717) is 5.56 Å². The summed E-state index contributed by atoms with van der Waals surface area (Å²) in [7, 11) is 0. The van der Waals surface area contributed by atoms with Gasteiger partial charge >= 0.3 is 0 Å². The van der Waals surface area contributed by atoms with E-state index in [1.807, 2.05) is 43.3 Å². The van der Waals surface area contributed by atoms with Crippen molar-refractivity contribution in [2.75, 3.05) is 4.90 Å². The van der Waals surface area contributed by atoms with Gasteiger partial charge in [0.15, 0.2) is 0 Å². The number of anilines is 1. The number of carbonyl (C=O) groups is 2. The van der Waals surface area contributed by atoms with E-state index in [4.69, 9.17) is 0 Å². The molecule has 2 aromatic carbocycles. The standard InChI is InChI=1S/C20H22N2O2/c1-13(19(23)21-15-9-3-2-4-10-15)22-17-12-6-8-14-7-5-11-16(18(14)17)20(22)24/h5-8,11-13,15H,2-4,9-10H2,1H3,(H,21,23)/t13-/m0/s1. The summed E-state index contributed by atoms with van der Waals surface area (Å²) in [4.78, 5) is 27.2. The Morgan fingerprint density at radius 3 is 2.58 bits per heavy atom. The Hall–Kier alpha value is -2.36. The minimum absolute atomic E-state index is 0.0555. The first-order valence-electron chi connectivity index (χ1n) is 8.82. The highest BCUT2D eigenvalue weighted by molar-refractivity contribution is 6.26. The van der Waals surface area contributed by atoms with Crippen molar-refractivity contribution >= 4 is 28.3 Å². The topological polar surface area (TPSA) is 49.4 Å². The molecule has 1 saturated carbocycles. The van der Waals surface area contributed by atoms with Crippen LogP contribution in [0, 0.1) is 0 Å². The minimum Gasteiger partial charge on any atom is -0.352 e. The Bertz CT molecular complexity index is 803. The van der Waals surface area contributed by atoms with Crippen LogP contribution in [0.25, 0.3) is 10.8 Å². The van der Waals surface area contributed by atoms with Crippen molar-refractivity contribution < 1.29 is 9.59 Å². The van der Waals surface area contributed by atoms with E-state index in [1.165, 1.54) is 19.3 Å². The monoisotopic (exact) mass is 322 g/mol. The number of hydrogen-bond donors (Lipinski definition) is 1. The zero-order chi connectivity index (χ0) is 16.7. The van der Waals surface area contributed by atoms with Gasteiger partial charge in [-0.2, -0.15) is 0 Å². The summed E-state index contributed by atoms with van der Waals surface area (Å²) >= 11 is 0. The molecule has 24 heavy (non-hydrogen) atoms. The van der Waals surface area contributed by atoms with Gasteiger partial charge in [0.1, 0.15) is 6.04 Å². The third-order valence-corrected chi connectivity index (χ3v) is 5.31. The summed E-state index contributed by atoms with van der Waals surface area (Å²) in [6, 6.07) is 11.4. The van der Waals surface area contributed by atoms with Gasteiger partial charge in [-0.1, -0.05) is 43.5 Å². The van der Waals surface area contributed by atoms with E-state index in [0.717, 1.165) is 29.3 Å². The van der Waals surface area contributed by atoms with Gasteiger partial charge in [0, 0.05) is 17.0 Å². The molecule has 2 aliphatic rings. The molecule has 1 heterocycles. The predicted octanol–water partition coefficient (Wildman–Crippen LogP) is 3.64. The molecule has 1 atom stereocenters. The Kier molecular flexibility index (Phi) is 3.75. The van der Waals surface area contributed by atoms with Crippen molar-refractivity contribution in [3.05, 3.63) is 42.0 Å². The lowest BCUT2D eigenvalue weighted by atomic mass is 9.95. The second-order valence-electron chi connectivity index (χ2n) is 6.88. The number of amides is 2. The van der Waals surface area contributed by atoms with Crippen LogP contribution >= 0.6 is 0 Å². The fraction of sp³-hybridized carbons (Fsp3) is 0.400. The maximum atomic E-state index is 12.9. The predicted molar refractivity (Wildman–Crippen MR) is 95.2 cm³/mol. The van der Waals surface area contributed by atoms with Crippen LogP contribution in [0.5, 0.6) is 0 Å². The van der Waals surface area contributed by atoms with E-state index in [1.54, 1.807) is 4.90 Å². The fourth-order valence-corrected chi connectivity index (χ4v) is 4.01. The molecule has 0 bridgehead atoms. The smallest absolute Gasteiger partial charge is 0.259 e. The lowest BCUT2D eigenvalue weighted by Crippen LogP contribution is -2.49. The Morgan fingerprint density at radius 1 is 1.12 bits per heavy atom. The van der Waals surface area contributed by atoms with Crippen molar-refractivity contribution in [1.29, 1.82) is 0 Å². The molecular formula is C20H22N2O2. The van der Waals surface area contributed by atoms with Gasteiger partial charge < -0.3 is 5.32 Å². The average Bonchev–Trinajstić information content (AvgIpc) is 2.90. The van der Waals surface area contributed by atoms with Crippen LogP contribution in [0.4, 0.5) is 5.69 Å². The molecule has 4 rings (SSSR count). The van der Waals surface area contributed by atoms with Gasteiger partial charge in [-0.15, -0.1) is 0 Å². The largest absolute Gasteiger partial charge is 0.352 e. The van der Waals surface area contributed by atoms with Crippen LogP contribution in [-0.4, -0.2) is 23.9 Å². The third-order valence-electron chi connectivity index (χ3n) is 5.31. The van der Waals surface area contributed by atoms with Crippen LogP contribution in [0.15, 0.2) is 36.4 Å². The van der Waals surface area contributed by atoms with Crippen LogP contribution in [0.2, 0.25) is 0 Å². The zero-order valence-electron chi connectivity index (χ0n) is 13.9. The van der Waals surface area contributed by atoms with Crippen LogP contribution < -0.4 is 10.2 Å². The molecule has 0 saturated heterocycles. The average molecular weight is 322 g/mol. The van der Waals surface area contributed by atoms with Crippen molar-refractivity contribution in [1.82, 2.24) is 5.32 Å². The molecule has 0 spiro atoms. The van der Waals surface area contributed by atoms with Crippen molar-refractivity contribution in [2.45, 2.75) is 51.1 Å². The zero-order valence-corrected chi connectivity index (χ0v) is 13.9. The third kappa shape index (κ3) is 2.37. The van der Waals surface area contributed by atoms with E-state index in [2.05, 4.69) is 5.32 Å². The molecule has 0 unspecified atom stereocenters. The van der Waals surface area contributed by atoms with Gasteiger partial charge in [-0.25, -0.2) is 0 Å². The summed E-state index contributed by atoms with van der Waals surface area (Å²) < 4.78 is 0. The number of benzene rings is 2. The van der Waals surface area contributed by atoms with Crippen molar-refractivity contribution in [2.24, 2.45) is 0 Å². The molecular weight excluding hydrogens is 300 g/mol. The van der Waals surface area contributed by atoms with Gasteiger partial charge in [0.05, 0.1) is 5.69 Å². The highest BCUT2D eigenvalue weighted by Gasteiger charge is 2.36. The fourth-order valence-electron chi connectivity index (χ4n) is 4.01. The molecule has 124 valence electrons. The quantitative estimate of drug-likeness (QED) is 0.938. The van der Waals surface area contributed by atoms with Crippen molar-refractivity contribution in [3.8, 4) is 0 Å². The molecule has 1 N–H and O–H groups in total. The minimum atomic E-state index is -0.502. The molecule has 2 amide bonds. The van der Waals surface area contributed by atoms with Gasteiger partial charge in [0.2, 0.25) is 5.91 Å². The molecule has 1 fully saturated rings. The molecule has 0 aromatic heterocycles. The summed E-state index contributed by atoms with van der Waals surface area (Å²) in [5, 5.41) is 5.14. The van der Waals surface area contributed by atoms with E-state index >= 15 is 0 Å². The lowest BCUT2D eigenvalue weighted by Gasteiger charge is -2.28. The van der Waals surface area contributed by atoms with Crippen LogP contribution in [0.3, 0.4) is 0 Å². The molecule has 1 aliphatic carbocycles. The molecule has 4 heteroatoms. The first-order chi connectivity index (χ1) is 11.7. The Balaban J connectivity index is 1.61. The van der Waals surface area contributed by atoms with E-state index in [-0.39, 0.29) is 17.9 Å². The number of rotatable bonds is 3. The molecule has 4 nitrogen and oxygen atoms in total. The highest BCUT2D eigenvalue weighted by atomic mass is 16.2. The number of hydrogen-bond acceptors (Lipinski definition) is 2. The van der Waals surface area contributed by atoms with Gasteiger partial charge in [-0.3, -0.25) is 14.5 Å². The molecule has 1 aliphatic heterocycles. The first-order valence-corrected chi connectivity index (χ1v) is 8.82. The number of nitrogens with one attached hydrogen (secondary N) is 1. The molecule has 2 aromatic rings. The summed E-state index contributed by atoms with van der Waals surface area (Å²) in [5.41, 5.74) is 1.54. The van der Waals surface area contributed by atoms with Gasteiger partial charge in [0.25, 0.3) is 5.91 Å². The second-order valence-corrected chi connectivity index (χ2v) is 6.88. The number of nitrogens with zero attached hydrogens (tertiary/aromatic N) is 1. The van der Waals surface area contributed by atoms with E-state index in [9.17, 15) is 9.59 Å². The first kappa shape index (κ1) is 15.2.